The topological polar surface area (TPSA) is 29.9 Å². The molecule has 3 rings (SSSR count). The Labute approximate surface area is 129 Å². The lowest BCUT2D eigenvalue weighted by Crippen LogP contribution is -2.16. The van der Waals surface area contributed by atoms with Gasteiger partial charge in [-0.15, -0.1) is 11.3 Å². The Morgan fingerprint density at radius 1 is 1.24 bits per heavy atom. The van der Waals surface area contributed by atoms with Gasteiger partial charge in [-0.3, -0.25) is 0 Å². The minimum Gasteiger partial charge on any atom is -0.371 e. The molecule has 0 radical (unpaired) electrons. The molecule has 0 amide bonds. The summed E-state index contributed by atoms with van der Waals surface area (Å²) in [4.78, 5) is 5.80. The van der Waals surface area contributed by atoms with Crippen molar-refractivity contribution in [3.05, 3.63) is 69.9 Å². The van der Waals surface area contributed by atoms with Gasteiger partial charge in [-0.05, 0) is 42.5 Å². The van der Waals surface area contributed by atoms with E-state index in [2.05, 4.69) is 64.4 Å². The number of anilines is 1. The fourth-order valence-corrected chi connectivity index (χ4v) is 3.19. The Kier molecular flexibility index (Phi) is 3.80. The molecule has 1 N–H and O–H groups in total. The zero-order valence-corrected chi connectivity index (χ0v) is 13.3. The standard InChI is InChI=1S/C17H19N3S/c1-12-6-7-13(2)14(11-12)19-16(15-5-4-10-21-15)17-18-8-9-20(17)3/h4-11,16,19H,1-3H3. The predicted molar refractivity (Wildman–Crippen MR) is 88.9 cm³/mol. The summed E-state index contributed by atoms with van der Waals surface area (Å²) in [5.41, 5.74) is 3.67. The van der Waals surface area contributed by atoms with Crippen LogP contribution in [0.5, 0.6) is 0 Å². The summed E-state index contributed by atoms with van der Waals surface area (Å²) < 4.78 is 2.07. The lowest BCUT2D eigenvalue weighted by Gasteiger charge is -2.20. The Balaban J connectivity index is 2.01. The number of hydrogen-bond acceptors (Lipinski definition) is 3. The smallest absolute Gasteiger partial charge is 0.136 e. The fourth-order valence-electron chi connectivity index (χ4n) is 2.42. The van der Waals surface area contributed by atoms with Crippen LogP contribution in [0.25, 0.3) is 0 Å². The first kappa shape index (κ1) is 13.9. The van der Waals surface area contributed by atoms with Crippen LogP contribution in [-0.4, -0.2) is 9.55 Å². The van der Waals surface area contributed by atoms with Gasteiger partial charge in [-0.2, -0.15) is 0 Å². The van der Waals surface area contributed by atoms with Crippen LogP contribution < -0.4 is 5.32 Å². The number of nitrogens with one attached hydrogen (secondary N) is 1. The molecule has 1 aromatic carbocycles. The van der Waals surface area contributed by atoms with Crippen molar-refractivity contribution in [1.29, 1.82) is 0 Å². The maximum absolute atomic E-state index is 4.53. The van der Waals surface area contributed by atoms with Crippen LogP contribution in [0.3, 0.4) is 0 Å². The number of nitrogens with zero attached hydrogens (tertiary/aromatic N) is 2. The predicted octanol–water partition coefficient (Wildman–Crippen LogP) is 4.30. The quantitative estimate of drug-likeness (QED) is 0.778. The van der Waals surface area contributed by atoms with Crippen molar-refractivity contribution in [2.45, 2.75) is 19.9 Å². The molecule has 0 aliphatic carbocycles. The van der Waals surface area contributed by atoms with Gasteiger partial charge in [-0.1, -0.05) is 18.2 Å². The second-order valence-corrected chi connectivity index (χ2v) is 6.29. The second kappa shape index (κ2) is 5.74. The molecule has 0 aliphatic rings. The van der Waals surface area contributed by atoms with Crippen LogP contribution in [0.15, 0.2) is 48.1 Å². The Bertz CT molecular complexity index is 728. The summed E-state index contributed by atoms with van der Waals surface area (Å²) in [6.45, 7) is 4.25. The lowest BCUT2D eigenvalue weighted by atomic mass is 10.1. The van der Waals surface area contributed by atoms with Crippen molar-refractivity contribution >= 4 is 17.0 Å². The lowest BCUT2D eigenvalue weighted by molar-refractivity contribution is 0.756. The molecular weight excluding hydrogens is 278 g/mol. The molecule has 21 heavy (non-hydrogen) atoms. The van der Waals surface area contributed by atoms with E-state index in [-0.39, 0.29) is 6.04 Å². The second-order valence-electron chi connectivity index (χ2n) is 5.31. The van der Waals surface area contributed by atoms with E-state index in [4.69, 9.17) is 0 Å². The molecule has 0 fully saturated rings. The molecular formula is C17H19N3S. The third-order valence-corrected chi connectivity index (χ3v) is 4.57. The van der Waals surface area contributed by atoms with Crippen molar-refractivity contribution in [3.8, 4) is 0 Å². The normalized spacial score (nSPS) is 12.3. The number of thiophene rings is 1. The van der Waals surface area contributed by atoms with Gasteiger partial charge in [-0.25, -0.2) is 4.98 Å². The van der Waals surface area contributed by atoms with Gasteiger partial charge in [0, 0.05) is 30.0 Å². The largest absolute Gasteiger partial charge is 0.371 e. The van der Waals surface area contributed by atoms with E-state index < -0.39 is 0 Å². The summed E-state index contributed by atoms with van der Waals surface area (Å²) >= 11 is 1.75. The number of hydrogen-bond donors (Lipinski definition) is 1. The summed E-state index contributed by atoms with van der Waals surface area (Å²) in [5, 5.41) is 5.77. The Morgan fingerprint density at radius 3 is 2.76 bits per heavy atom. The maximum atomic E-state index is 4.53. The average molecular weight is 297 g/mol. The molecule has 1 atom stereocenters. The molecule has 0 saturated carbocycles. The molecule has 2 aromatic heterocycles. The summed E-state index contributed by atoms with van der Waals surface area (Å²) in [5.74, 6) is 1.03. The van der Waals surface area contributed by atoms with Crippen molar-refractivity contribution in [1.82, 2.24) is 9.55 Å². The third-order valence-electron chi connectivity index (χ3n) is 3.64. The first-order chi connectivity index (χ1) is 10.1. The minimum absolute atomic E-state index is 0.0745. The van der Waals surface area contributed by atoms with Crippen molar-refractivity contribution in [2.75, 3.05) is 5.32 Å². The minimum atomic E-state index is 0.0745. The summed E-state index contributed by atoms with van der Waals surface area (Å²) in [6.07, 6.45) is 3.83. The highest BCUT2D eigenvalue weighted by Gasteiger charge is 2.19. The number of aromatic nitrogens is 2. The molecule has 0 bridgehead atoms. The SMILES string of the molecule is Cc1ccc(C)c(NC(c2cccs2)c2nccn2C)c1. The molecule has 0 spiro atoms. The van der Waals surface area contributed by atoms with Crippen LogP contribution in [0, 0.1) is 13.8 Å². The highest BCUT2D eigenvalue weighted by Crippen LogP contribution is 2.30. The van der Waals surface area contributed by atoms with E-state index in [1.807, 2.05) is 19.4 Å². The number of imidazole rings is 1. The van der Waals surface area contributed by atoms with Crippen molar-refractivity contribution in [3.63, 3.8) is 0 Å². The number of aryl methyl sites for hydroxylation is 3. The fraction of sp³-hybridized carbons (Fsp3) is 0.235. The highest BCUT2D eigenvalue weighted by molar-refractivity contribution is 7.10. The van der Waals surface area contributed by atoms with Gasteiger partial charge in [0.05, 0.1) is 0 Å². The molecule has 3 nitrogen and oxygen atoms in total. The van der Waals surface area contributed by atoms with Crippen LogP contribution in [0.4, 0.5) is 5.69 Å². The number of rotatable bonds is 4. The molecule has 1 unspecified atom stereocenters. The van der Waals surface area contributed by atoms with Gasteiger partial charge in [0.2, 0.25) is 0 Å². The molecule has 108 valence electrons. The van der Waals surface area contributed by atoms with E-state index in [1.54, 1.807) is 11.3 Å². The van der Waals surface area contributed by atoms with E-state index in [0.717, 1.165) is 11.5 Å². The van der Waals surface area contributed by atoms with Gasteiger partial charge in [0.25, 0.3) is 0 Å². The van der Waals surface area contributed by atoms with E-state index >= 15 is 0 Å². The van der Waals surface area contributed by atoms with Crippen LogP contribution >= 0.6 is 11.3 Å². The Morgan fingerprint density at radius 2 is 2.10 bits per heavy atom. The average Bonchev–Trinajstić information content (AvgIpc) is 3.11. The molecule has 3 aromatic rings. The summed E-state index contributed by atoms with van der Waals surface area (Å²) in [7, 11) is 2.04. The van der Waals surface area contributed by atoms with Gasteiger partial charge >= 0.3 is 0 Å². The summed E-state index contributed by atoms with van der Waals surface area (Å²) in [6, 6.07) is 10.8. The molecule has 0 saturated heterocycles. The molecule has 2 heterocycles. The first-order valence-electron chi connectivity index (χ1n) is 6.99. The van der Waals surface area contributed by atoms with Gasteiger partial charge in [0.1, 0.15) is 11.9 Å². The van der Waals surface area contributed by atoms with Gasteiger partial charge < -0.3 is 9.88 Å². The highest BCUT2D eigenvalue weighted by atomic mass is 32.1. The van der Waals surface area contributed by atoms with Crippen molar-refractivity contribution in [2.24, 2.45) is 7.05 Å². The van der Waals surface area contributed by atoms with Crippen LogP contribution in [0.1, 0.15) is 27.9 Å². The third kappa shape index (κ3) is 2.85. The monoisotopic (exact) mass is 297 g/mol. The zero-order chi connectivity index (χ0) is 14.8. The first-order valence-corrected chi connectivity index (χ1v) is 7.87. The molecule has 4 heteroatoms. The van der Waals surface area contributed by atoms with Crippen LogP contribution in [0.2, 0.25) is 0 Å². The van der Waals surface area contributed by atoms with E-state index in [0.29, 0.717) is 0 Å². The maximum Gasteiger partial charge on any atom is 0.136 e. The molecule has 0 aliphatic heterocycles. The van der Waals surface area contributed by atoms with Crippen molar-refractivity contribution < 1.29 is 0 Å². The van der Waals surface area contributed by atoms with E-state index in [1.165, 1.54) is 16.0 Å². The Hall–Kier alpha value is -2.07. The van der Waals surface area contributed by atoms with Crippen LogP contribution in [-0.2, 0) is 7.05 Å². The van der Waals surface area contributed by atoms with E-state index in [9.17, 15) is 0 Å². The number of benzene rings is 1. The van der Waals surface area contributed by atoms with Gasteiger partial charge in [0.15, 0.2) is 0 Å². The zero-order valence-electron chi connectivity index (χ0n) is 12.5.